The average Bonchev–Trinajstić information content (AvgIpc) is 2.43. The van der Waals surface area contributed by atoms with Gasteiger partial charge in [-0.2, -0.15) is 0 Å². The van der Waals surface area contributed by atoms with Crippen molar-refractivity contribution in [2.45, 2.75) is 46.0 Å². The van der Waals surface area contributed by atoms with Crippen LogP contribution in [0.4, 0.5) is 5.69 Å². The molecule has 0 atom stereocenters. The lowest BCUT2D eigenvalue weighted by atomic mass is 10.1. The molecule has 0 unspecified atom stereocenters. The quantitative estimate of drug-likeness (QED) is 0.672. The van der Waals surface area contributed by atoms with E-state index < -0.39 is 0 Å². The average molecular weight is 297 g/mol. The highest BCUT2D eigenvalue weighted by Gasteiger charge is 2.06. The van der Waals surface area contributed by atoms with Gasteiger partial charge in [-0.3, -0.25) is 4.79 Å². The van der Waals surface area contributed by atoms with Gasteiger partial charge in [-0.05, 0) is 37.6 Å². The molecule has 3 nitrogen and oxygen atoms in total. The van der Waals surface area contributed by atoms with E-state index in [-0.39, 0.29) is 5.91 Å². The van der Waals surface area contributed by atoms with Crippen molar-refractivity contribution >= 4 is 23.2 Å². The maximum absolute atomic E-state index is 11.8. The Morgan fingerprint density at radius 1 is 1.20 bits per heavy atom. The molecule has 0 fully saturated rings. The van der Waals surface area contributed by atoms with Gasteiger partial charge in [0.2, 0.25) is 5.91 Å². The Bertz CT molecular complexity index is 421. The molecule has 0 aliphatic carbocycles. The molecule has 0 saturated heterocycles. The Balaban J connectivity index is 2.19. The molecule has 1 amide bonds. The van der Waals surface area contributed by atoms with Crippen LogP contribution >= 0.6 is 11.6 Å². The standard InChI is InChI=1S/C16H25ClN2O/c1-3-4-5-6-7-11-18-12-16(20)19-15-10-8-9-14(17)13(15)2/h8-10,18H,3-7,11-12H2,1-2H3,(H,19,20). The first kappa shape index (κ1) is 17.0. The minimum absolute atomic E-state index is 0.0241. The predicted molar refractivity (Wildman–Crippen MR) is 86.4 cm³/mol. The van der Waals surface area contributed by atoms with Gasteiger partial charge in [0.25, 0.3) is 0 Å². The Labute approximate surface area is 127 Å². The van der Waals surface area contributed by atoms with Gasteiger partial charge in [0.05, 0.1) is 6.54 Å². The van der Waals surface area contributed by atoms with Gasteiger partial charge < -0.3 is 10.6 Å². The van der Waals surface area contributed by atoms with Crippen molar-refractivity contribution < 1.29 is 4.79 Å². The van der Waals surface area contributed by atoms with Crippen LogP contribution in [-0.4, -0.2) is 19.0 Å². The van der Waals surface area contributed by atoms with Crippen LogP contribution in [0.2, 0.25) is 5.02 Å². The fraction of sp³-hybridized carbons (Fsp3) is 0.562. The molecule has 2 N–H and O–H groups in total. The minimum Gasteiger partial charge on any atom is -0.325 e. The number of carbonyl (C=O) groups excluding carboxylic acids is 1. The molecular weight excluding hydrogens is 272 g/mol. The SMILES string of the molecule is CCCCCCCNCC(=O)Nc1cccc(Cl)c1C. The number of benzene rings is 1. The second-order valence-corrected chi connectivity index (χ2v) is 5.46. The van der Waals surface area contributed by atoms with Gasteiger partial charge in [-0.25, -0.2) is 0 Å². The Morgan fingerprint density at radius 3 is 2.70 bits per heavy atom. The topological polar surface area (TPSA) is 41.1 Å². The van der Waals surface area contributed by atoms with Crippen molar-refractivity contribution in [3.05, 3.63) is 28.8 Å². The first-order valence-electron chi connectivity index (χ1n) is 7.40. The number of carbonyl (C=O) groups is 1. The summed E-state index contributed by atoms with van der Waals surface area (Å²) in [4.78, 5) is 11.8. The van der Waals surface area contributed by atoms with Crippen molar-refractivity contribution in [3.8, 4) is 0 Å². The maximum Gasteiger partial charge on any atom is 0.238 e. The van der Waals surface area contributed by atoms with E-state index in [9.17, 15) is 4.79 Å². The highest BCUT2D eigenvalue weighted by molar-refractivity contribution is 6.31. The van der Waals surface area contributed by atoms with E-state index in [1.807, 2.05) is 25.1 Å². The Kier molecular flexibility index (Phi) is 8.31. The lowest BCUT2D eigenvalue weighted by Gasteiger charge is -2.10. The molecule has 1 rings (SSSR count). The molecule has 0 saturated carbocycles. The summed E-state index contributed by atoms with van der Waals surface area (Å²) in [5.74, 6) is -0.0241. The molecule has 0 aliphatic heterocycles. The number of amides is 1. The minimum atomic E-state index is -0.0241. The van der Waals surface area contributed by atoms with Gasteiger partial charge >= 0.3 is 0 Å². The zero-order valence-electron chi connectivity index (χ0n) is 12.5. The summed E-state index contributed by atoms with van der Waals surface area (Å²) < 4.78 is 0. The first-order chi connectivity index (χ1) is 9.65. The molecule has 0 aliphatic rings. The fourth-order valence-corrected chi connectivity index (χ4v) is 2.17. The number of nitrogens with one attached hydrogen (secondary N) is 2. The Morgan fingerprint density at radius 2 is 1.95 bits per heavy atom. The molecule has 4 heteroatoms. The smallest absolute Gasteiger partial charge is 0.238 e. The van der Waals surface area contributed by atoms with E-state index in [1.54, 1.807) is 0 Å². The lowest BCUT2D eigenvalue weighted by molar-refractivity contribution is -0.115. The summed E-state index contributed by atoms with van der Waals surface area (Å²) in [5, 5.41) is 6.72. The van der Waals surface area contributed by atoms with E-state index >= 15 is 0 Å². The van der Waals surface area contributed by atoms with Crippen LogP contribution in [0.15, 0.2) is 18.2 Å². The lowest BCUT2D eigenvalue weighted by Crippen LogP contribution is -2.29. The number of halogens is 1. The number of hydrogen-bond acceptors (Lipinski definition) is 2. The molecule has 1 aromatic carbocycles. The van der Waals surface area contributed by atoms with E-state index in [0.29, 0.717) is 11.6 Å². The number of rotatable bonds is 9. The van der Waals surface area contributed by atoms with E-state index in [2.05, 4.69) is 17.6 Å². The molecule has 1 aromatic rings. The van der Waals surface area contributed by atoms with E-state index in [4.69, 9.17) is 11.6 Å². The summed E-state index contributed by atoms with van der Waals surface area (Å²) in [6, 6.07) is 5.52. The second-order valence-electron chi connectivity index (χ2n) is 5.05. The fourth-order valence-electron chi connectivity index (χ4n) is 1.99. The Hall–Kier alpha value is -1.06. The third-order valence-corrected chi connectivity index (χ3v) is 3.69. The largest absolute Gasteiger partial charge is 0.325 e. The van der Waals surface area contributed by atoms with Crippen LogP contribution in [0.3, 0.4) is 0 Å². The number of anilines is 1. The molecule has 0 heterocycles. The van der Waals surface area contributed by atoms with Crippen LogP contribution in [0.1, 0.15) is 44.6 Å². The van der Waals surface area contributed by atoms with Gasteiger partial charge in [-0.1, -0.05) is 50.3 Å². The molecular formula is C16H25ClN2O. The third-order valence-electron chi connectivity index (χ3n) is 3.28. The van der Waals surface area contributed by atoms with Crippen molar-refractivity contribution in [2.24, 2.45) is 0 Å². The zero-order chi connectivity index (χ0) is 14.8. The molecule has 0 spiro atoms. The van der Waals surface area contributed by atoms with Gasteiger partial charge in [0.1, 0.15) is 0 Å². The highest BCUT2D eigenvalue weighted by atomic mass is 35.5. The van der Waals surface area contributed by atoms with Crippen LogP contribution in [0.5, 0.6) is 0 Å². The van der Waals surface area contributed by atoms with Crippen LogP contribution in [0.25, 0.3) is 0 Å². The monoisotopic (exact) mass is 296 g/mol. The molecule has 0 aromatic heterocycles. The van der Waals surface area contributed by atoms with Gasteiger partial charge in [-0.15, -0.1) is 0 Å². The van der Waals surface area contributed by atoms with Gasteiger partial charge in [0, 0.05) is 10.7 Å². The summed E-state index contributed by atoms with van der Waals surface area (Å²) >= 11 is 6.02. The molecule has 20 heavy (non-hydrogen) atoms. The number of unbranched alkanes of at least 4 members (excludes halogenated alkanes) is 4. The molecule has 0 radical (unpaired) electrons. The van der Waals surface area contributed by atoms with Crippen molar-refractivity contribution in [1.29, 1.82) is 0 Å². The van der Waals surface area contributed by atoms with Crippen molar-refractivity contribution in [2.75, 3.05) is 18.4 Å². The van der Waals surface area contributed by atoms with E-state index in [1.165, 1.54) is 25.7 Å². The van der Waals surface area contributed by atoms with E-state index in [0.717, 1.165) is 24.2 Å². The van der Waals surface area contributed by atoms with Crippen LogP contribution in [-0.2, 0) is 4.79 Å². The zero-order valence-corrected chi connectivity index (χ0v) is 13.2. The highest BCUT2D eigenvalue weighted by Crippen LogP contribution is 2.22. The summed E-state index contributed by atoms with van der Waals surface area (Å²) in [7, 11) is 0. The normalized spacial score (nSPS) is 10.6. The summed E-state index contributed by atoms with van der Waals surface area (Å²) in [6.45, 7) is 5.35. The summed E-state index contributed by atoms with van der Waals surface area (Å²) in [5.41, 5.74) is 1.69. The van der Waals surface area contributed by atoms with Crippen LogP contribution < -0.4 is 10.6 Å². The molecule has 112 valence electrons. The second kappa shape index (κ2) is 9.78. The maximum atomic E-state index is 11.8. The van der Waals surface area contributed by atoms with Crippen LogP contribution in [0, 0.1) is 6.92 Å². The van der Waals surface area contributed by atoms with Crippen molar-refractivity contribution in [1.82, 2.24) is 5.32 Å². The molecule has 0 bridgehead atoms. The van der Waals surface area contributed by atoms with Gasteiger partial charge in [0.15, 0.2) is 0 Å². The third kappa shape index (κ3) is 6.40. The predicted octanol–water partition coefficient (Wildman–Crippen LogP) is 4.15. The number of hydrogen-bond donors (Lipinski definition) is 2. The summed E-state index contributed by atoms with van der Waals surface area (Å²) in [6.07, 6.45) is 6.20. The van der Waals surface area contributed by atoms with Crippen molar-refractivity contribution in [3.63, 3.8) is 0 Å². The first-order valence-corrected chi connectivity index (χ1v) is 7.78.